The van der Waals surface area contributed by atoms with Gasteiger partial charge in [-0.1, -0.05) is 0 Å². The second-order valence-corrected chi connectivity index (χ2v) is 5.15. The Morgan fingerprint density at radius 2 is 2.33 bits per heavy atom. The molecule has 2 rings (SSSR count). The monoisotopic (exact) mass is 230 g/mol. The molecule has 86 valence electrons. The van der Waals surface area contributed by atoms with Crippen molar-refractivity contribution in [2.75, 3.05) is 24.8 Å². The number of morpholine rings is 1. The van der Waals surface area contributed by atoms with Crippen LogP contribution in [-0.2, 0) is 9.53 Å². The van der Waals surface area contributed by atoms with Crippen LogP contribution in [0.5, 0.6) is 0 Å². The van der Waals surface area contributed by atoms with E-state index in [1.807, 2.05) is 11.8 Å². The molecule has 0 aromatic heterocycles. The lowest BCUT2D eigenvalue weighted by Crippen LogP contribution is -2.56. The zero-order valence-corrected chi connectivity index (χ0v) is 10.0. The lowest BCUT2D eigenvalue weighted by Gasteiger charge is -2.39. The van der Waals surface area contributed by atoms with Crippen molar-refractivity contribution in [3.63, 3.8) is 0 Å². The molecule has 2 fully saturated rings. The van der Waals surface area contributed by atoms with Gasteiger partial charge in [-0.05, 0) is 13.8 Å². The third-order valence-corrected chi connectivity index (χ3v) is 4.12. The summed E-state index contributed by atoms with van der Waals surface area (Å²) >= 11 is 1.79. The highest BCUT2D eigenvalue weighted by molar-refractivity contribution is 7.99. The van der Waals surface area contributed by atoms with Crippen molar-refractivity contribution in [3.8, 4) is 0 Å². The van der Waals surface area contributed by atoms with Crippen molar-refractivity contribution in [1.29, 1.82) is 0 Å². The number of nitrogens with one attached hydrogen (secondary N) is 1. The Balaban J connectivity index is 1.98. The molecule has 15 heavy (non-hydrogen) atoms. The van der Waals surface area contributed by atoms with Gasteiger partial charge in [0.15, 0.2) is 0 Å². The summed E-state index contributed by atoms with van der Waals surface area (Å²) in [7, 11) is 0. The van der Waals surface area contributed by atoms with E-state index in [2.05, 4.69) is 12.2 Å². The van der Waals surface area contributed by atoms with Gasteiger partial charge < -0.3 is 9.64 Å². The molecule has 1 amide bonds. The molecule has 4 nitrogen and oxygen atoms in total. The zero-order valence-electron chi connectivity index (χ0n) is 9.23. The maximum Gasteiger partial charge on any atom is 0.240 e. The van der Waals surface area contributed by atoms with Crippen molar-refractivity contribution in [1.82, 2.24) is 10.2 Å². The van der Waals surface area contributed by atoms with E-state index in [-0.39, 0.29) is 24.1 Å². The van der Waals surface area contributed by atoms with Crippen LogP contribution < -0.4 is 5.32 Å². The Kier molecular flexibility index (Phi) is 3.53. The molecule has 2 aliphatic rings. The molecular formula is C10H18N2O2S. The molecule has 3 unspecified atom stereocenters. The standard InChI is InChI=1S/C10H18N2O2S/c1-7-8(2)14-4-3-12(7)10(13)9-5-15-6-11-9/h7-9,11H,3-6H2,1-2H3. The number of amides is 1. The first-order valence-electron chi connectivity index (χ1n) is 5.43. The molecule has 0 saturated carbocycles. The van der Waals surface area contributed by atoms with Gasteiger partial charge in [0.05, 0.1) is 24.8 Å². The minimum atomic E-state index is 0.0164. The van der Waals surface area contributed by atoms with E-state index in [1.165, 1.54) is 0 Å². The van der Waals surface area contributed by atoms with Crippen molar-refractivity contribution in [3.05, 3.63) is 0 Å². The highest BCUT2D eigenvalue weighted by Gasteiger charge is 2.34. The topological polar surface area (TPSA) is 41.6 Å². The molecule has 2 saturated heterocycles. The number of carbonyl (C=O) groups is 1. The van der Waals surface area contributed by atoms with Crippen molar-refractivity contribution >= 4 is 17.7 Å². The predicted molar refractivity (Wildman–Crippen MR) is 60.8 cm³/mol. The normalized spacial score (nSPS) is 36.9. The lowest BCUT2D eigenvalue weighted by atomic mass is 10.1. The number of ether oxygens (including phenoxy) is 1. The van der Waals surface area contributed by atoms with Crippen LogP contribution in [0.25, 0.3) is 0 Å². The first-order chi connectivity index (χ1) is 7.20. The molecule has 0 spiro atoms. The van der Waals surface area contributed by atoms with Gasteiger partial charge in [0.2, 0.25) is 5.91 Å². The number of thioether (sulfide) groups is 1. The number of hydrogen-bond acceptors (Lipinski definition) is 4. The summed E-state index contributed by atoms with van der Waals surface area (Å²) in [6, 6.07) is 0.210. The minimum absolute atomic E-state index is 0.0164. The number of carbonyl (C=O) groups excluding carboxylic acids is 1. The van der Waals surface area contributed by atoms with Crippen molar-refractivity contribution in [2.45, 2.75) is 32.0 Å². The van der Waals surface area contributed by atoms with E-state index < -0.39 is 0 Å². The smallest absolute Gasteiger partial charge is 0.240 e. The lowest BCUT2D eigenvalue weighted by molar-refractivity contribution is -0.145. The maximum atomic E-state index is 12.2. The summed E-state index contributed by atoms with van der Waals surface area (Å²) in [5.41, 5.74) is 0. The Bertz CT molecular complexity index is 244. The van der Waals surface area contributed by atoms with Gasteiger partial charge in [0, 0.05) is 18.2 Å². The minimum Gasteiger partial charge on any atom is -0.375 e. The molecule has 0 aromatic rings. The van der Waals surface area contributed by atoms with E-state index >= 15 is 0 Å². The molecule has 2 heterocycles. The van der Waals surface area contributed by atoms with Gasteiger partial charge in [-0.3, -0.25) is 10.1 Å². The van der Waals surface area contributed by atoms with Crippen LogP contribution in [0.1, 0.15) is 13.8 Å². The van der Waals surface area contributed by atoms with Crippen molar-refractivity contribution < 1.29 is 9.53 Å². The molecule has 5 heteroatoms. The van der Waals surface area contributed by atoms with Crippen LogP contribution in [0, 0.1) is 0 Å². The van der Waals surface area contributed by atoms with Crippen LogP contribution in [0.15, 0.2) is 0 Å². The first kappa shape index (κ1) is 11.2. The SMILES string of the molecule is CC1OCCN(C(=O)C2CSCN2)C1C. The Labute approximate surface area is 94.7 Å². The molecule has 2 aliphatic heterocycles. The van der Waals surface area contributed by atoms with Gasteiger partial charge in [0.25, 0.3) is 0 Å². The Morgan fingerprint density at radius 1 is 1.53 bits per heavy atom. The third kappa shape index (κ3) is 2.29. The zero-order chi connectivity index (χ0) is 10.8. The van der Waals surface area contributed by atoms with Gasteiger partial charge in [-0.15, -0.1) is 11.8 Å². The molecular weight excluding hydrogens is 212 g/mol. The second-order valence-electron chi connectivity index (χ2n) is 4.12. The highest BCUT2D eigenvalue weighted by atomic mass is 32.2. The average Bonchev–Trinajstić information content (AvgIpc) is 2.74. The van der Waals surface area contributed by atoms with E-state index in [0.29, 0.717) is 6.61 Å². The number of hydrogen-bond donors (Lipinski definition) is 1. The van der Waals surface area contributed by atoms with Gasteiger partial charge in [0.1, 0.15) is 0 Å². The van der Waals surface area contributed by atoms with Crippen LogP contribution in [0.3, 0.4) is 0 Å². The summed E-state index contributed by atoms with van der Waals surface area (Å²) in [5, 5.41) is 3.22. The second kappa shape index (κ2) is 4.72. The highest BCUT2D eigenvalue weighted by Crippen LogP contribution is 2.18. The summed E-state index contributed by atoms with van der Waals surface area (Å²) in [4.78, 5) is 14.1. The largest absolute Gasteiger partial charge is 0.375 e. The Hall–Kier alpha value is -0.260. The van der Waals surface area contributed by atoms with E-state index in [0.717, 1.165) is 18.2 Å². The van der Waals surface area contributed by atoms with Crippen LogP contribution in [0.2, 0.25) is 0 Å². The van der Waals surface area contributed by atoms with Crippen LogP contribution in [-0.4, -0.2) is 53.8 Å². The molecule has 0 aromatic carbocycles. The van der Waals surface area contributed by atoms with Crippen molar-refractivity contribution in [2.24, 2.45) is 0 Å². The van der Waals surface area contributed by atoms with Gasteiger partial charge in [-0.2, -0.15) is 0 Å². The third-order valence-electron chi connectivity index (χ3n) is 3.18. The van der Waals surface area contributed by atoms with E-state index in [1.54, 1.807) is 11.8 Å². The van der Waals surface area contributed by atoms with Crippen LogP contribution >= 0.6 is 11.8 Å². The average molecular weight is 230 g/mol. The van der Waals surface area contributed by atoms with Crippen LogP contribution in [0.4, 0.5) is 0 Å². The summed E-state index contributed by atoms with van der Waals surface area (Å²) in [6.07, 6.45) is 0.150. The molecule has 0 aliphatic carbocycles. The molecule has 0 radical (unpaired) electrons. The molecule has 3 atom stereocenters. The summed E-state index contributed by atoms with van der Waals surface area (Å²) in [5.74, 6) is 2.03. The Morgan fingerprint density at radius 3 is 3.00 bits per heavy atom. The predicted octanol–water partition coefficient (Wildman–Crippen LogP) is 0.285. The van der Waals surface area contributed by atoms with E-state index in [4.69, 9.17) is 4.74 Å². The molecule has 0 bridgehead atoms. The fraction of sp³-hybridized carbons (Fsp3) is 0.900. The van der Waals surface area contributed by atoms with E-state index in [9.17, 15) is 4.79 Å². The fourth-order valence-electron chi connectivity index (χ4n) is 2.00. The van der Waals surface area contributed by atoms with Gasteiger partial charge in [-0.25, -0.2) is 0 Å². The van der Waals surface area contributed by atoms with Gasteiger partial charge >= 0.3 is 0 Å². The maximum absolute atomic E-state index is 12.2. The summed E-state index contributed by atoms with van der Waals surface area (Å²) < 4.78 is 5.51. The fourth-order valence-corrected chi connectivity index (χ4v) is 2.93. The number of nitrogens with zero attached hydrogens (tertiary/aromatic N) is 1. The summed E-state index contributed by atoms with van der Waals surface area (Å²) in [6.45, 7) is 5.48. The molecule has 1 N–H and O–H groups in total. The quantitative estimate of drug-likeness (QED) is 0.703. The number of rotatable bonds is 1. The first-order valence-corrected chi connectivity index (χ1v) is 6.59.